The normalized spacial score (nSPS) is 22.7. The number of aliphatic hydroxyl groups excluding tert-OH is 1. The van der Waals surface area contributed by atoms with Crippen LogP contribution in [0.3, 0.4) is 0 Å². The Labute approximate surface area is 127 Å². The molecule has 0 spiro atoms. The summed E-state index contributed by atoms with van der Waals surface area (Å²) in [5.74, 6) is 1.11. The van der Waals surface area contributed by atoms with Gasteiger partial charge in [-0.2, -0.15) is 14.5 Å². The summed E-state index contributed by atoms with van der Waals surface area (Å²) in [4.78, 5) is 6.36. The van der Waals surface area contributed by atoms with E-state index < -0.39 is 0 Å². The molecule has 3 rings (SSSR count). The summed E-state index contributed by atoms with van der Waals surface area (Å²) >= 11 is 1.36. The smallest absolute Gasteiger partial charge is 0.238 e. The highest BCUT2D eigenvalue weighted by Crippen LogP contribution is 2.40. The summed E-state index contributed by atoms with van der Waals surface area (Å²) in [6.45, 7) is 0. The predicted octanol–water partition coefficient (Wildman–Crippen LogP) is 1.26. The summed E-state index contributed by atoms with van der Waals surface area (Å²) in [5, 5.41) is 18.1. The van der Waals surface area contributed by atoms with Crippen LogP contribution in [-0.2, 0) is 7.05 Å². The lowest BCUT2D eigenvalue weighted by Crippen LogP contribution is -2.35. The maximum atomic E-state index is 9.58. The highest BCUT2D eigenvalue weighted by molar-refractivity contribution is 7.09. The Morgan fingerprint density at radius 3 is 2.76 bits per heavy atom. The molecule has 0 aliphatic heterocycles. The average Bonchev–Trinajstić information content (AvgIpc) is 3.01. The quantitative estimate of drug-likeness (QED) is 0.866. The lowest BCUT2D eigenvalue weighted by atomic mass is 9.75. The van der Waals surface area contributed by atoms with Crippen molar-refractivity contribution >= 4 is 22.6 Å². The highest BCUT2D eigenvalue weighted by atomic mass is 32.1. The third kappa shape index (κ3) is 3.01. The van der Waals surface area contributed by atoms with Crippen LogP contribution in [0.2, 0.25) is 0 Å². The van der Waals surface area contributed by atoms with Gasteiger partial charge in [-0.15, -0.1) is 0 Å². The van der Waals surface area contributed by atoms with E-state index in [9.17, 15) is 5.11 Å². The van der Waals surface area contributed by atoms with Gasteiger partial charge >= 0.3 is 0 Å². The van der Waals surface area contributed by atoms with Gasteiger partial charge in [0.1, 0.15) is 0 Å². The Hall–Kier alpha value is -1.67. The van der Waals surface area contributed by atoms with Gasteiger partial charge in [0, 0.05) is 44.4 Å². The molecule has 0 bridgehead atoms. The van der Waals surface area contributed by atoms with Crippen LogP contribution >= 0.6 is 11.5 Å². The summed E-state index contributed by atoms with van der Waals surface area (Å²) < 4.78 is 6.11. The summed E-state index contributed by atoms with van der Waals surface area (Å²) in [5.41, 5.74) is 1.12. The molecule has 21 heavy (non-hydrogen) atoms. The lowest BCUT2D eigenvalue weighted by molar-refractivity contribution is 0.0340. The van der Waals surface area contributed by atoms with E-state index in [2.05, 4.69) is 19.8 Å². The van der Waals surface area contributed by atoms with Gasteiger partial charge in [-0.3, -0.25) is 4.68 Å². The largest absolute Gasteiger partial charge is 0.393 e. The van der Waals surface area contributed by atoms with E-state index in [1.54, 1.807) is 4.68 Å². The average molecular weight is 308 g/mol. The van der Waals surface area contributed by atoms with E-state index in [-0.39, 0.29) is 12.1 Å². The molecule has 2 heterocycles. The SMILES string of the molecule is CN(C)c1nsc(N[C@@H](c2cnn(C)c2)C2CC(O)C2)n1. The van der Waals surface area contributed by atoms with Gasteiger partial charge in [0.15, 0.2) is 0 Å². The lowest BCUT2D eigenvalue weighted by Gasteiger charge is -2.37. The van der Waals surface area contributed by atoms with Gasteiger partial charge in [-0.1, -0.05) is 0 Å². The number of aromatic nitrogens is 4. The number of hydrogen-bond acceptors (Lipinski definition) is 7. The fourth-order valence-electron chi connectivity index (χ4n) is 2.57. The first-order valence-corrected chi connectivity index (χ1v) is 7.74. The van der Waals surface area contributed by atoms with E-state index >= 15 is 0 Å². The number of aryl methyl sites for hydroxylation is 1. The zero-order valence-electron chi connectivity index (χ0n) is 12.4. The van der Waals surface area contributed by atoms with E-state index in [4.69, 9.17) is 0 Å². The molecule has 114 valence electrons. The van der Waals surface area contributed by atoms with Crippen molar-refractivity contribution in [2.75, 3.05) is 24.3 Å². The third-order valence-corrected chi connectivity index (χ3v) is 4.44. The summed E-state index contributed by atoms with van der Waals surface area (Å²) in [7, 11) is 5.75. The molecule has 7 nitrogen and oxygen atoms in total. The van der Waals surface area contributed by atoms with Crippen molar-refractivity contribution in [2.24, 2.45) is 13.0 Å². The van der Waals surface area contributed by atoms with E-state index in [0.29, 0.717) is 11.9 Å². The summed E-state index contributed by atoms with van der Waals surface area (Å²) in [6.07, 6.45) is 5.33. The minimum atomic E-state index is -0.178. The molecule has 0 unspecified atom stereocenters. The molecular weight excluding hydrogens is 288 g/mol. The fraction of sp³-hybridized carbons (Fsp3) is 0.615. The molecular formula is C13H20N6OS. The van der Waals surface area contributed by atoms with Gasteiger partial charge in [0.05, 0.1) is 18.3 Å². The maximum Gasteiger partial charge on any atom is 0.238 e. The van der Waals surface area contributed by atoms with E-state index in [0.717, 1.165) is 23.5 Å². The van der Waals surface area contributed by atoms with Crippen molar-refractivity contribution in [3.63, 3.8) is 0 Å². The van der Waals surface area contributed by atoms with Crippen LogP contribution < -0.4 is 10.2 Å². The van der Waals surface area contributed by atoms with Gasteiger partial charge in [0.2, 0.25) is 11.1 Å². The van der Waals surface area contributed by atoms with Gasteiger partial charge < -0.3 is 15.3 Å². The van der Waals surface area contributed by atoms with Gasteiger partial charge in [-0.25, -0.2) is 0 Å². The van der Waals surface area contributed by atoms with Crippen LogP contribution in [0.25, 0.3) is 0 Å². The van der Waals surface area contributed by atoms with Crippen LogP contribution in [-0.4, -0.2) is 44.4 Å². The standard InChI is InChI=1S/C13H20N6OS/c1-18(2)12-16-13(21-17-12)15-11(8-4-10(20)5-8)9-6-14-19(3)7-9/h6-8,10-11,20H,4-5H2,1-3H3,(H,15,16,17)/t8?,10?,11-/m1/s1. The second-order valence-electron chi connectivity index (χ2n) is 5.75. The molecule has 1 fully saturated rings. The highest BCUT2D eigenvalue weighted by Gasteiger charge is 2.35. The monoisotopic (exact) mass is 308 g/mol. The topological polar surface area (TPSA) is 79.1 Å². The molecule has 8 heteroatoms. The Bertz CT molecular complexity index is 603. The van der Waals surface area contributed by atoms with Crippen molar-refractivity contribution in [1.82, 2.24) is 19.1 Å². The van der Waals surface area contributed by atoms with Crippen LogP contribution in [0.4, 0.5) is 11.1 Å². The molecule has 0 radical (unpaired) electrons. The minimum absolute atomic E-state index is 0.116. The molecule has 1 atom stereocenters. The van der Waals surface area contributed by atoms with Gasteiger partial charge in [0.25, 0.3) is 0 Å². The number of rotatable bonds is 5. The van der Waals surface area contributed by atoms with Crippen LogP contribution in [0.15, 0.2) is 12.4 Å². The van der Waals surface area contributed by atoms with Crippen LogP contribution in [0.1, 0.15) is 24.4 Å². The molecule has 2 aromatic heterocycles. The Morgan fingerprint density at radius 2 is 2.24 bits per heavy atom. The molecule has 2 aromatic rings. The fourth-order valence-corrected chi connectivity index (χ4v) is 3.24. The first kappa shape index (κ1) is 14.3. The van der Waals surface area contributed by atoms with E-state index in [1.807, 2.05) is 38.4 Å². The summed E-state index contributed by atoms with van der Waals surface area (Å²) in [6, 6.07) is 0.116. The van der Waals surface area contributed by atoms with E-state index in [1.165, 1.54) is 11.5 Å². The van der Waals surface area contributed by atoms with Crippen LogP contribution in [0.5, 0.6) is 0 Å². The zero-order valence-corrected chi connectivity index (χ0v) is 13.2. The Morgan fingerprint density at radius 1 is 1.48 bits per heavy atom. The molecule has 1 aliphatic carbocycles. The predicted molar refractivity (Wildman–Crippen MR) is 82.5 cm³/mol. The number of nitrogens with one attached hydrogen (secondary N) is 1. The van der Waals surface area contributed by atoms with Crippen molar-refractivity contribution in [2.45, 2.75) is 25.0 Å². The van der Waals surface area contributed by atoms with Crippen LogP contribution in [0, 0.1) is 5.92 Å². The third-order valence-electron chi connectivity index (χ3n) is 3.80. The van der Waals surface area contributed by atoms with Gasteiger partial charge in [-0.05, 0) is 18.8 Å². The second kappa shape index (κ2) is 5.61. The number of anilines is 2. The van der Waals surface area contributed by atoms with Crippen molar-refractivity contribution in [1.29, 1.82) is 0 Å². The number of aliphatic hydroxyl groups is 1. The Kier molecular flexibility index (Phi) is 3.81. The second-order valence-corrected chi connectivity index (χ2v) is 6.50. The molecule has 1 aliphatic rings. The first-order chi connectivity index (χ1) is 10.0. The molecule has 0 aromatic carbocycles. The minimum Gasteiger partial charge on any atom is -0.393 e. The Balaban J connectivity index is 1.78. The number of nitrogens with zero attached hydrogens (tertiary/aromatic N) is 5. The zero-order chi connectivity index (χ0) is 15.0. The molecule has 1 saturated carbocycles. The van der Waals surface area contributed by atoms with Crippen molar-refractivity contribution in [3.05, 3.63) is 18.0 Å². The molecule has 0 saturated heterocycles. The molecule has 0 amide bonds. The van der Waals surface area contributed by atoms with Crippen molar-refractivity contribution in [3.8, 4) is 0 Å². The number of hydrogen-bond donors (Lipinski definition) is 2. The van der Waals surface area contributed by atoms with Crippen molar-refractivity contribution < 1.29 is 5.11 Å². The first-order valence-electron chi connectivity index (χ1n) is 6.97. The maximum absolute atomic E-state index is 9.58. The molecule has 2 N–H and O–H groups in total.